The van der Waals surface area contributed by atoms with Crippen LogP contribution in [0.4, 0.5) is 0 Å². The first kappa shape index (κ1) is 24.3. The van der Waals surface area contributed by atoms with Gasteiger partial charge in [0.1, 0.15) is 0 Å². The van der Waals surface area contributed by atoms with Gasteiger partial charge in [0.25, 0.3) is 0 Å². The predicted molar refractivity (Wildman–Crippen MR) is 133 cm³/mol. The largest absolute Gasteiger partial charge is 0.329 e. The summed E-state index contributed by atoms with van der Waals surface area (Å²) in [6.07, 6.45) is 9.21. The molecule has 0 aromatic carbocycles. The molecule has 9 nitrogen and oxygen atoms in total. The van der Waals surface area contributed by atoms with Gasteiger partial charge in [-0.1, -0.05) is 6.42 Å². The molecule has 3 aliphatic heterocycles. The van der Waals surface area contributed by atoms with Crippen molar-refractivity contribution >= 4 is 0 Å². The molecule has 5 fully saturated rings. The van der Waals surface area contributed by atoms with Crippen LogP contribution >= 0.6 is 0 Å². The summed E-state index contributed by atoms with van der Waals surface area (Å²) in [6.45, 7) is 8.47. The quantitative estimate of drug-likeness (QED) is 0.270. The smallest absolute Gasteiger partial charge is 0.0817 e. The zero-order valence-corrected chi connectivity index (χ0v) is 21.1. The van der Waals surface area contributed by atoms with E-state index in [0.717, 1.165) is 44.7 Å². The second kappa shape index (κ2) is 10.7. The monoisotopic (exact) mass is 463 g/mol. The molecule has 9 heteroatoms. The number of nitrogens with two attached hydrogens (primary N) is 1. The van der Waals surface area contributed by atoms with E-state index in [9.17, 15) is 0 Å². The van der Waals surface area contributed by atoms with Crippen LogP contribution < -0.4 is 32.5 Å². The summed E-state index contributed by atoms with van der Waals surface area (Å²) < 4.78 is 0. The molecular weight excluding hydrogens is 414 g/mol. The molecule has 5 rings (SSSR count). The summed E-state index contributed by atoms with van der Waals surface area (Å²) in [7, 11) is 4.39. The minimum absolute atomic E-state index is 0.357. The normalized spacial score (nSPS) is 42.8. The van der Waals surface area contributed by atoms with Gasteiger partial charge in [-0.25, -0.2) is 10.0 Å². The second-order valence-electron chi connectivity index (χ2n) is 11.6. The standard InChI is InChI=1S/C24H49N9/c1-16-19(13-27-32(16)3)12-26-23-21-14-28-33(20-7-8-20)24(21)30-22(29-23)18-6-4-5-17(11-18)15-31(2)10-9-25/h16-24,26-30H,4-15,25H2,1-3H3. The molecule has 33 heavy (non-hydrogen) atoms. The first-order valence-corrected chi connectivity index (χ1v) is 13.7. The van der Waals surface area contributed by atoms with E-state index in [4.69, 9.17) is 5.73 Å². The van der Waals surface area contributed by atoms with Gasteiger partial charge >= 0.3 is 0 Å². The Bertz CT molecular complexity index is 631. The van der Waals surface area contributed by atoms with E-state index in [-0.39, 0.29) is 0 Å². The maximum absolute atomic E-state index is 5.79. The molecule has 8 unspecified atom stereocenters. The highest BCUT2D eigenvalue weighted by Gasteiger charge is 2.50. The van der Waals surface area contributed by atoms with Crippen LogP contribution in [0, 0.1) is 23.7 Å². The van der Waals surface area contributed by atoms with E-state index in [1.165, 1.54) is 45.1 Å². The highest BCUT2D eigenvalue weighted by Crippen LogP contribution is 2.37. The minimum Gasteiger partial charge on any atom is -0.329 e. The van der Waals surface area contributed by atoms with Gasteiger partial charge in [0, 0.05) is 70.2 Å². The lowest BCUT2D eigenvalue weighted by molar-refractivity contribution is 0.0313. The zero-order valence-electron chi connectivity index (χ0n) is 21.1. The minimum atomic E-state index is 0.357. The SMILES string of the molecule is CC1C(CNC2NC(C3CCCC(CN(C)CCN)C3)NC3C2CNN3C2CC2)CNN1C. The van der Waals surface area contributed by atoms with Gasteiger partial charge in [-0.3, -0.25) is 21.5 Å². The summed E-state index contributed by atoms with van der Waals surface area (Å²) in [4.78, 5) is 2.43. The molecule has 190 valence electrons. The fourth-order valence-electron chi connectivity index (χ4n) is 6.84. The molecule has 7 N–H and O–H groups in total. The highest BCUT2D eigenvalue weighted by atomic mass is 15.6. The third kappa shape index (κ3) is 5.57. The molecule has 3 heterocycles. The zero-order chi connectivity index (χ0) is 22.9. The van der Waals surface area contributed by atoms with Gasteiger partial charge in [-0.05, 0) is 57.9 Å². The maximum atomic E-state index is 5.79. The number of fused-ring (bicyclic) bond motifs is 1. The Kier molecular flexibility index (Phi) is 7.91. The summed E-state index contributed by atoms with van der Waals surface area (Å²) >= 11 is 0. The second-order valence-corrected chi connectivity index (χ2v) is 11.6. The van der Waals surface area contributed by atoms with Gasteiger partial charge in [0.15, 0.2) is 0 Å². The topological polar surface area (TPSA) is 95.9 Å². The van der Waals surface area contributed by atoms with Crippen LogP contribution in [0.15, 0.2) is 0 Å². The van der Waals surface area contributed by atoms with Crippen molar-refractivity contribution in [3.8, 4) is 0 Å². The molecule has 3 saturated heterocycles. The number of hydrazine groups is 2. The van der Waals surface area contributed by atoms with Crippen LogP contribution in [0.1, 0.15) is 45.4 Å². The lowest BCUT2D eigenvalue weighted by Crippen LogP contribution is -2.71. The lowest BCUT2D eigenvalue weighted by atomic mass is 9.78. The summed E-state index contributed by atoms with van der Waals surface area (Å²) in [6, 6.07) is 1.30. The number of nitrogens with one attached hydrogen (secondary N) is 5. The summed E-state index contributed by atoms with van der Waals surface area (Å²) in [5, 5.41) is 17.0. The third-order valence-corrected chi connectivity index (χ3v) is 9.16. The van der Waals surface area contributed by atoms with E-state index < -0.39 is 0 Å². The van der Waals surface area contributed by atoms with E-state index in [2.05, 4.69) is 62.7 Å². The Hall–Kier alpha value is -0.360. The van der Waals surface area contributed by atoms with Crippen LogP contribution in [-0.4, -0.2) is 98.9 Å². The maximum Gasteiger partial charge on any atom is 0.0817 e. The van der Waals surface area contributed by atoms with E-state index in [1.54, 1.807) is 0 Å². The van der Waals surface area contributed by atoms with Crippen LogP contribution in [0.25, 0.3) is 0 Å². The Balaban J connectivity index is 1.23. The molecule has 0 radical (unpaired) electrons. The van der Waals surface area contributed by atoms with E-state index in [1.807, 2.05) is 0 Å². The van der Waals surface area contributed by atoms with E-state index >= 15 is 0 Å². The molecule has 0 amide bonds. The highest BCUT2D eigenvalue weighted by molar-refractivity contribution is 5.02. The van der Waals surface area contributed by atoms with Crippen molar-refractivity contribution in [2.45, 2.75) is 76.0 Å². The molecule has 8 atom stereocenters. The van der Waals surface area contributed by atoms with Crippen LogP contribution in [0.2, 0.25) is 0 Å². The predicted octanol–water partition coefficient (Wildman–Crippen LogP) is -0.502. The molecule has 0 bridgehead atoms. The summed E-state index contributed by atoms with van der Waals surface area (Å²) in [5.74, 6) is 2.68. The lowest BCUT2D eigenvalue weighted by Gasteiger charge is -2.47. The van der Waals surface area contributed by atoms with E-state index in [0.29, 0.717) is 42.3 Å². The van der Waals surface area contributed by atoms with Crippen molar-refractivity contribution in [2.24, 2.45) is 29.4 Å². The average molecular weight is 464 g/mol. The Morgan fingerprint density at radius 3 is 2.67 bits per heavy atom. The first-order valence-electron chi connectivity index (χ1n) is 13.7. The van der Waals surface area contributed by atoms with Crippen molar-refractivity contribution in [2.75, 3.05) is 53.4 Å². The molecule has 0 aromatic rings. The molecule has 2 saturated carbocycles. The van der Waals surface area contributed by atoms with Gasteiger partial charge in [-0.2, -0.15) is 0 Å². The van der Waals surface area contributed by atoms with Crippen molar-refractivity contribution in [1.29, 1.82) is 0 Å². The Morgan fingerprint density at radius 1 is 1.09 bits per heavy atom. The van der Waals surface area contributed by atoms with Crippen LogP contribution in [0.5, 0.6) is 0 Å². The fraction of sp³-hybridized carbons (Fsp3) is 1.00. The number of hydrogen-bond acceptors (Lipinski definition) is 9. The summed E-state index contributed by atoms with van der Waals surface area (Å²) in [5.41, 5.74) is 13.1. The van der Waals surface area contributed by atoms with Crippen molar-refractivity contribution in [3.63, 3.8) is 0 Å². The third-order valence-electron chi connectivity index (χ3n) is 9.16. The Labute approximate surface area is 200 Å². The number of nitrogens with zero attached hydrogens (tertiary/aromatic N) is 3. The average Bonchev–Trinajstić information content (AvgIpc) is 3.48. The van der Waals surface area contributed by atoms with Crippen LogP contribution in [-0.2, 0) is 0 Å². The Morgan fingerprint density at radius 2 is 1.94 bits per heavy atom. The number of hydrogen-bond donors (Lipinski definition) is 6. The fourth-order valence-corrected chi connectivity index (χ4v) is 6.84. The molecule has 0 aromatic heterocycles. The molecule has 0 spiro atoms. The van der Waals surface area contributed by atoms with Gasteiger partial charge in [0.05, 0.1) is 18.5 Å². The van der Waals surface area contributed by atoms with Crippen LogP contribution in [0.3, 0.4) is 0 Å². The molecular formula is C24H49N9. The van der Waals surface area contributed by atoms with Gasteiger partial charge in [0.2, 0.25) is 0 Å². The molecule has 5 aliphatic rings. The van der Waals surface area contributed by atoms with Gasteiger partial charge in [-0.15, -0.1) is 0 Å². The number of likely N-dealkylation sites (N-methyl/N-ethyl adjacent to an activating group) is 1. The van der Waals surface area contributed by atoms with Crippen molar-refractivity contribution in [1.82, 2.24) is 41.7 Å². The van der Waals surface area contributed by atoms with Crippen molar-refractivity contribution in [3.05, 3.63) is 0 Å². The van der Waals surface area contributed by atoms with Gasteiger partial charge < -0.3 is 16.0 Å². The number of rotatable bonds is 9. The molecule has 2 aliphatic carbocycles. The first-order chi connectivity index (χ1) is 16.0. The van der Waals surface area contributed by atoms with Crippen molar-refractivity contribution < 1.29 is 0 Å².